The van der Waals surface area contributed by atoms with E-state index in [4.69, 9.17) is 0 Å². The van der Waals surface area contributed by atoms with Crippen molar-refractivity contribution in [2.75, 3.05) is 7.05 Å². The van der Waals surface area contributed by atoms with Crippen LogP contribution in [0.4, 0.5) is 0 Å². The van der Waals surface area contributed by atoms with Gasteiger partial charge in [0.2, 0.25) is 0 Å². The van der Waals surface area contributed by atoms with E-state index in [1.165, 1.54) is 36.6 Å². The number of nitrogens with zero attached hydrogens (tertiary/aromatic N) is 1. The number of benzene rings is 1. The minimum absolute atomic E-state index is 0.521. The molecule has 0 amide bonds. The van der Waals surface area contributed by atoms with Crippen LogP contribution in [0.3, 0.4) is 0 Å². The van der Waals surface area contributed by atoms with Crippen LogP contribution in [0.1, 0.15) is 37.3 Å². The van der Waals surface area contributed by atoms with Gasteiger partial charge in [0.25, 0.3) is 0 Å². The number of nitrogens with one attached hydrogen (secondary N) is 1. The molecule has 0 aliphatic heterocycles. The molecule has 2 aliphatic rings. The van der Waals surface area contributed by atoms with Gasteiger partial charge in [-0.25, -0.2) is 0 Å². The number of rotatable bonds is 3. The number of hydrogen-bond donors (Lipinski definition) is 1. The Morgan fingerprint density at radius 1 is 1.15 bits per heavy atom. The zero-order chi connectivity index (χ0) is 13.5. The van der Waals surface area contributed by atoms with Crippen molar-refractivity contribution in [3.05, 3.63) is 42.1 Å². The predicted molar refractivity (Wildman–Crippen MR) is 82.5 cm³/mol. The first kappa shape index (κ1) is 12.3. The Morgan fingerprint density at radius 3 is 2.70 bits per heavy atom. The fraction of sp³-hybridized carbons (Fsp3) is 0.500. The molecule has 20 heavy (non-hydrogen) atoms. The van der Waals surface area contributed by atoms with Crippen LogP contribution in [-0.2, 0) is 0 Å². The fourth-order valence-electron chi connectivity index (χ4n) is 4.41. The predicted octanol–water partition coefficient (Wildman–Crippen LogP) is 3.93. The average molecular weight is 266 g/mol. The second kappa shape index (κ2) is 4.85. The summed E-state index contributed by atoms with van der Waals surface area (Å²) in [5.41, 5.74) is 2.53. The highest BCUT2D eigenvalue weighted by molar-refractivity contribution is 5.79. The minimum Gasteiger partial charge on any atom is -0.313 e. The highest BCUT2D eigenvalue weighted by Crippen LogP contribution is 2.60. The SMILES string of the molecule is CNC(c1ccc2ncccc2c1)C1C2CCCCC21. The maximum Gasteiger partial charge on any atom is 0.0702 e. The van der Waals surface area contributed by atoms with E-state index in [1.807, 2.05) is 12.3 Å². The van der Waals surface area contributed by atoms with Gasteiger partial charge in [0.05, 0.1) is 5.52 Å². The van der Waals surface area contributed by atoms with E-state index in [1.54, 1.807) is 0 Å². The van der Waals surface area contributed by atoms with Gasteiger partial charge >= 0.3 is 0 Å². The van der Waals surface area contributed by atoms with E-state index in [2.05, 4.69) is 41.6 Å². The molecule has 0 radical (unpaired) electrons. The molecule has 2 nitrogen and oxygen atoms in total. The topological polar surface area (TPSA) is 24.9 Å². The summed E-state index contributed by atoms with van der Waals surface area (Å²) in [7, 11) is 2.11. The van der Waals surface area contributed by atoms with Gasteiger partial charge < -0.3 is 5.32 Å². The number of aromatic nitrogens is 1. The number of hydrogen-bond acceptors (Lipinski definition) is 2. The first-order valence-corrected chi connectivity index (χ1v) is 7.90. The summed E-state index contributed by atoms with van der Waals surface area (Å²) >= 11 is 0. The summed E-state index contributed by atoms with van der Waals surface area (Å²) in [5.74, 6) is 2.81. The van der Waals surface area contributed by atoms with Crippen LogP contribution in [0.5, 0.6) is 0 Å². The highest BCUT2D eigenvalue weighted by atomic mass is 14.9. The van der Waals surface area contributed by atoms with Crippen molar-refractivity contribution in [2.45, 2.75) is 31.7 Å². The summed E-state index contributed by atoms with van der Waals surface area (Å²) in [5, 5.41) is 4.84. The molecule has 4 rings (SSSR count). The summed E-state index contributed by atoms with van der Waals surface area (Å²) in [6.07, 6.45) is 7.64. The largest absolute Gasteiger partial charge is 0.313 e. The van der Waals surface area contributed by atoms with Gasteiger partial charge in [0.15, 0.2) is 0 Å². The molecule has 1 aromatic carbocycles. The maximum absolute atomic E-state index is 4.42. The molecule has 1 heterocycles. The van der Waals surface area contributed by atoms with Gasteiger partial charge in [0.1, 0.15) is 0 Å². The molecule has 104 valence electrons. The van der Waals surface area contributed by atoms with Gasteiger partial charge in [-0.05, 0) is 61.4 Å². The molecule has 1 aromatic heterocycles. The third-order valence-corrected chi connectivity index (χ3v) is 5.40. The quantitative estimate of drug-likeness (QED) is 0.910. The zero-order valence-electron chi connectivity index (χ0n) is 12.0. The number of fused-ring (bicyclic) bond motifs is 2. The lowest BCUT2D eigenvalue weighted by Gasteiger charge is -2.17. The van der Waals surface area contributed by atoms with Crippen LogP contribution in [0.25, 0.3) is 10.9 Å². The van der Waals surface area contributed by atoms with Crippen molar-refractivity contribution in [1.29, 1.82) is 0 Å². The standard InChI is InChI=1S/C18H22N2/c1-19-18(17-14-6-2-3-7-15(14)17)13-8-9-16-12(11-13)5-4-10-20-16/h4-5,8-11,14-15,17-19H,2-3,6-7H2,1H3. The van der Waals surface area contributed by atoms with Crippen molar-refractivity contribution in [3.63, 3.8) is 0 Å². The smallest absolute Gasteiger partial charge is 0.0702 e. The normalized spacial score (nSPS) is 29.9. The minimum atomic E-state index is 0.521. The van der Waals surface area contributed by atoms with E-state index < -0.39 is 0 Å². The maximum atomic E-state index is 4.42. The van der Waals surface area contributed by atoms with Crippen molar-refractivity contribution >= 4 is 10.9 Å². The van der Waals surface area contributed by atoms with Crippen LogP contribution < -0.4 is 5.32 Å². The third kappa shape index (κ3) is 1.94. The molecule has 0 saturated heterocycles. The fourth-order valence-corrected chi connectivity index (χ4v) is 4.41. The Labute approximate surface area is 120 Å². The zero-order valence-corrected chi connectivity index (χ0v) is 12.0. The van der Waals surface area contributed by atoms with Gasteiger partial charge in [-0.2, -0.15) is 0 Å². The van der Waals surface area contributed by atoms with Gasteiger partial charge in [0, 0.05) is 17.6 Å². The lowest BCUT2D eigenvalue weighted by Crippen LogP contribution is -2.19. The van der Waals surface area contributed by atoms with Crippen molar-refractivity contribution < 1.29 is 0 Å². The molecule has 3 atom stereocenters. The molecule has 1 N–H and O–H groups in total. The lowest BCUT2D eigenvalue weighted by atomic mass is 9.98. The molecular formula is C18H22N2. The van der Waals surface area contributed by atoms with E-state index in [-0.39, 0.29) is 0 Å². The van der Waals surface area contributed by atoms with Gasteiger partial charge in [-0.3, -0.25) is 4.98 Å². The molecule has 0 spiro atoms. The van der Waals surface area contributed by atoms with Crippen molar-refractivity contribution in [1.82, 2.24) is 10.3 Å². The second-order valence-corrected chi connectivity index (χ2v) is 6.41. The summed E-state index contributed by atoms with van der Waals surface area (Å²) in [4.78, 5) is 4.42. The summed E-state index contributed by atoms with van der Waals surface area (Å²) in [6.45, 7) is 0. The summed E-state index contributed by atoms with van der Waals surface area (Å²) < 4.78 is 0. The van der Waals surface area contributed by atoms with E-state index in [0.717, 1.165) is 23.3 Å². The van der Waals surface area contributed by atoms with Crippen LogP contribution in [-0.4, -0.2) is 12.0 Å². The molecule has 2 heteroatoms. The molecule has 3 unspecified atom stereocenters. The van der Waals surface area contributed by atoms with E-state index in [0.29, 0.717) is 6.04 Å². The molecule has 2 aromatic rings. The Kier molecular flexibility index (Phi) is 2.99. The Hall–Kier alpha value is -1.41. The number of pyridine rings is 1. The van der Waals surface area contributed by atoms with Crippen LogP contribution in [0.2, 0.25) is 0 Å². The highest BCUT2D eigenvalue weighted by Gasteiger charge is 2.53. The average Bonchev–Trinajstić information content (AvgIpc) is 3.22. The van der Waals surface area contributed by atoms with Crippen LogP contribution in [0, 0.1) is 17.8 Å². The Bertz CT molecular complexity index is 610. The van der Waals surface area contributed by atoms with Gasteiger partial charge in [-0.15, -0.1) is 0 Å². The molecular weight excluding hydrogens is 244 g/mol. The van der Waals surface area contributed by atoms with Crippen molar-refractivity contribution in [3.8, 4) is 0 Å². The molecule has 0 bridgehead atoms. The first-order valence-electron chi connectivity index (χ1n) is 7.90. The molecule has 2 aliphatic carbocycles. The molecule has 2 fully saturated rings. The lowest BCUT2D eigenvalue weighted by molar-refractivity contribution is 0.480. The van der Waals surface area contributed by atoms with Crippen LogP contribution in [0.15, 0.2) is 36.5 Å². The second-order valence-electron chi connectivity index (χ2n) is 6.41. The first-order chi connectivity index (χ1) is 9.88. The summed E-state index contributed by atoms with van der Waals surface area (Å²) in [6, 6.07) is 11.5. The van der Waals surface area contributed by atoms with E-state index in [9.17, 15) is 0 Å². The molecule has 2 saturated carbocycles. The monoisotopic (exact) mass is 266 g/mol. The van der Waals surface area contributed by atoms with Crippen LogP contribution >= 0.6 is 0 Å². The van der Waals surface area contributed by atoms with Crippen molar-refractivity contribution in [2.24, 2.45) is 17.8 Å². The third-order valence-electron chi connectivity index (χ3n) is 5.40. The van der Waals surface area contributed by atoms with Gasteiger partial charge in [-0.1, -0.05) is 25.0 Å². The Morgan fingerprint density at radius 2 is 1.95 bits per heavy atom. The van der Waals surface area contributed by atoms with E-state index >= 15 is 0 Å². The Balaban J connectivity index is 1.66.